The standard InChI is InChI=1S/C5H9O3/c1-3-8-5(6)4-7-2/h2-4H2,1H3. The monoisotopic (exact) mass is 117 g/mol. The number of carbonyl (C=O) groups is 1. The van der Waals surface area contributed by atoms with Crippen LogP contribution in [0.4, 0.5) is 0 Å². The van der Waals surface area contributed by atoms with E-state index in [1.807, 2.05) is 0 Å². The van der Waals surface area contributed by atoms with Crippen molar-refractivity contribution in [2.75, 3.05) is 13.2 Å². The lowest BCUT2D eigenvalue weighted by Crippen LogP contribution is -2.09. The zero-order valence-electron chi connectivity index (χ0n) is 4.85. The van der Waals surface area contributed by atoms with E-state index >= 15 is 0 Å². The molecule has 3 heteroatoms. The Labute approximate surface area is 48.6 Å². The first-order valence-electron chi connectivity index (χ1n) is 2.33. The van der Waals surface area contributed by atoms with E-state index in [9.17, 15) is 4.79 Å². The van der Waals surface area contributed by atoms with Crippen LogP contribution in [0.3, 0.4) is 0 Å². The molecule has 0 aliphatic carbocycles. The van der Waals surface area contributed by atoms with E-state index in [0.29, 0.717) is 6.61 Å². The van der Waals surface area contributed by atoms with Gasteiger partial charge in [-0.05, 0) is 6.92 Å². The topological polar surface area (TPSA) is 35.5 Å². The predicted molar refractivity (Wildman–Crippen MR) is 27.9 cm³/mol. The first kappa shape index (κ1) is 7.43. The molecule has 0 saturated carbocycles. The van der Waals surface area contributed by atoms with Crippen LogP contribution in [0.25, 0.3) is 0 Å². The average Bonchev–Trinajstić information content (AvgIpc) is 1.68. The molecule has 1 radical (unpaired) electrons. The zero-order valence-corrected chi connectivity index (χ0v) is 4.85. The highest BCUT2D eigenvalue weighted by Crippen LogP contribution is 1.77. The van der Waals surface area contributed by atoms with Crippen LogP contribution < -0.4 is 0 Å². The Morgan fingerprint density at radius 3 is 2.75 bits per heavy atom. The highest BCUT2D eigenvalue weighted by Gasteiger charge is 1.96. The Hall–Kier alpha value is -0.570. The summed E-state index contributed by atoms with van der Waals surface area (Å²) >= 11 is 0. The molecular weight excluding hydrogens is 108 g/mol. The molecule has 0 atom stereocenters. The molecule has 0 aromatic heterocycles. The van der Waals surface area contributed by atoms with Gasteiger partial charge >= 0.3 is 5.97 Å². The predicted octanol–water partition coefficient (Wildman–Crippen LogP) is 0.358. The van der Waals surface area contributed by atoms with Crippen molar-refractivity contribution in [3.8, 4) is 0 Å². The van der Waals surface area contributed by atoms with Gasteiger partial charge in [-0.2, -0.15) is 0 Å². The van der Waals surface area contributed by atoms with Crippen molar-refractivity contribution in [1.82, 2.24) is 0 Å². The summed E-state index contributed by atoms with van der Waals surface area (Å²) in [5.41, 5.74) is 0. The van der Waals surface area contributed by atoms with Gasteiger partial charge in [0.25, 0.3) is 0 Å². The van der Waals surface area contributed by atoms with E-state index in [-0.39, 0.29) is 12.6 Å². The summed E-state index contributed by atoms with van der Waals surface area (Å²) in [4.78, 5) is 10.3. The van der Waals surface area contributed by atoms with Crippen LogP contribution in [0.15, 0.2) is 0 Å². The number of hydrogen-bond acceptors (Lipinski definition) is 3. The SMILES string of the molecule is [CH2]OCC(=O)OCC. The van der Waals surface area contributed by atoms with Crippen LogP contribution in [-0.4, -0.2) is 19.2 Å². The largest absolute Gasteiger partial charge is 0.464 e. The number of carbonyl (C=O) groups excluding carboxylic acids is 1. The Balaban J connectivity index is 3.06. The van der Waals surface area contributed by atoms with Gasteiger partial charge in [0.05, 0.1) is 13.7 Å². The minimum atomic E-state index is -0.373. The first-order chi connectivity index (χ1) is 3.81. The molecule has 0 aliphatic heterocycles. The Kier molecular flexibility index (Phi) is 4.26. The summed E-state index contributed by atoms with van der Waals surface area (Å²) in [5.74, 6) is -0.373. The number of esters is 1. The fourth-order valence-corrected chi connectivity index (χ4v) is 0.286. The third kappa shape index (κ3) is 3.61. The summed E-state index contributed by atoms with van der Waals surface area (Å²) in [6, 6.07) is 0. The molecule has 0 heterocycles. The molecule has 0 aromatic carbocycles. The van der Waals surface area contributed by atoms with Crippen molar-refractivity contribution >= 4 is 5.97 Å². The van der Waals surface area contributed by atoms with Gasteiger partial charge in [0.1, 0.15) is 6.61 Å². The Morgan fingerprint density at radius 2 is 2.38 bits per heavy atom. The highest BCUT2D eigenvalue weighted by atomic mass is 16.6. The third-order valence-electron chi connectivity index (χ3n) is 0.525. The average molecular weight is 117 g/mol. The van der Waals surface area contributed by atoms with Crippen LogP contribution in [0, 0.1) is 7.11 Å². The minimum absolute atomic E-state index is 0.0617. The number of rotatable bonds is 3. The Morgan fingerprint density at radius 1 is 1.75 bits per heavy atom. The summed E-state index contributed by atoms with van der Waals surface area (Å²) in [7, 11) is 3.01. The summed E-state index contributed by atoms with van der Waals surface area (Å²) in [5, 5.41) is 0. The molecule has 0 amide bonds. The summed E-state index contributed by atoms with van der Waals surface area (Å²) < 4.78 is 8.71. The lowest BCUT2D eigenvalue weighted by atomic mass is 10.7. The summed E-state index contributed by atoms with van der Waals surface area (Å²) in [6.07, 6.45) is 0. The highest BCUT2D eigenvalue weighted by molar-refractivity contribution is 5.70. The number of hydrogen-bond donors (Lipinski definition) is 0. The van der Waals surface area contributed by atoms with Crippen molar-refractivity contribution in [1.29, 1.82) is 0 Å². The van der Waals surface area contributed by atoms with Gasteiger partial charge in [-0.25, -0.2) is 4.79 Å². The van der Waals surface area contributed by atoms with Gasteiger partial charge in [-0.15, -0.1) is 0 Å². The molecule has 0 rings (SSSR count). The van der Waals surface area contributed by atoms with Crippen molar-refractivity contribution in [3.05, 3.63) is 7.11 Å². The van der Waals surface area contributed by atoms with Crippen molar-refractivity contribution in [2.45, 2.75) is 6.92 Å². The second-order valence-electron chi connectivity index (χ2n) is 1.15. The molecule has 0 saturated heterocycles. The molecule has 47 valence electrons. The maximum atomic E-state index is 10.3. The summed E-state index contributed by atoms with van der Waals surface area (Å²) in [6.45, 7) is 2.07. The molecule has 8 heavy (non-hydrogen) atoms. The van der Waals surface area contributed by atoms with Crippen LogP contribution in [0.1, 0.15) is 6.92 Å². The Bertz CT molecular complexity index is 62.1. The van der Waals surface area contributed by atoms with Gasteiger partial charge in [0.15, 0.2) is 0 Å². The molecule has 3 nitrogen and oxygen atoms in total. The van der Waals surface area contributed by atoms with Crippen molar-refractivity contribution in [2.24, 2.45) is 0 Å². The molecule has 0 unspecified atom stereocenters. The van der Waals surface area contributed by atoms with E-state index in [0.717, 1.165) is 0 Å². The fourth-order valence-electron chi connectivity index (χ4n) is 0.286. The van der Waals surface area contributed by atoms with E-state index < -0.39 is 0 Å². The third-order valence-corrected chi connectivity index (χ3v) is 0.525. The zero-order chi connectivity index (χ0) is 6.41. The van der Waals surface area contributed by atoms with Gasteiger partial charge in [0, 0.05) is 0 Å². The maximum absolute atomic E-state index is 10.3. The van der Waals surface area contributed by atoms with Crippen LogP contribution in [-0.2, 0) is 14.3 Å². The molecule has 0 spiro atoms. The molecule has 0 fully saturated rings. The molecule has 0 N–H and O–H groups in total. The second-order valence-corrected chi connectivity index (χ2v) is 1.15. The van der Waals surface area contributed by atoms with Crippen molar-refractivity contribution in [3.63, 3.8) is 0 Å². The normalized spacial score (nSPS) is 8.75. The van der Waals surface area contributed by atoms with E-state index in [1.54, 1.807) is 6.92 Å². The van der Waals surface area contributed by atoms with E-state index in [2.05, 4.69) is 16.6 Å². The maximum Gasteiger partial charge on any atom is 0.332 e. The van der Waals surface area contributed by atoms with Crippen LogP contribution >= 0.6 is 0 Å². The minimum Gasteiger partial charge on any atom is -0.464 e. The molecular formula is C5H9O3. The van der Waals surface area contributed by atoms with Gasteiger partial charge < -0.3 is 9.47 Å². The smallest absolute Gasteiger partial charge is 0.332 e. The van der Waals surface area contributed by atoms with Crippen LogP contribution in [0.5, 0.6) is 0 Å². The van der Waals surface area contributed by atoms with Gasteiger partial charge in [0.2, 0.25) is 0 Å². The molecule has 0 bridgehead atoms. The first-order valence-corrected chi connectivity index (χ1v) is 2.33. The van der Waals surface area contributed by atoms with Crippen LogP contribution in [0.2, 0.25) is 0 Å². The van der Waals surface area contributed by atoms with Gasteiger partial charge in [-0.3, -0.25) is 0 Å². The fraction of sp³-hybridized carbons (Fsp3) is 0.600. The lowest BCUT2D eigenvalue weighted by molar-refractivity contribution is -0.146. The van der Waals surface area contributed by atoms with Gasteiger partial charge in [-0.1, -0.05) is 0 Å². The van der Waals surface area contributed by atoms with E-state index in [4.69, 9.17) is 0 Å². The molecule has 0 aromatic rings. The lowest BCUT2D eigenvalue weighted by Gasteiger charge is -1.96. The molecule has 0 aliphatic rings. The van der Waals surface area contributed by atoms with Crippen molar-refractivity contribution < 1.29 is 14.3 Å². The number of ether oxygens (including phenoxy) is 2. The second kappa shape index (κ2) is 4.59. The van der Waals surface area contributed by atoms with E-state index in [1.165, 1.54) is 0 Å². The quantitative estimate of drug-likeness (QED) is 0.500.